The molecule has 4 aromatic rings. The SMILES string of the molecule is Cc1ccc(-c2nn(C(C)(C)CNC(=O)c3cccc(F)c3)c3ncnc(N)c23)cc1. The van der Waals surface area contributed by atoms with E-state index in [1.807, 2.05) is 45.0 Å². The molecule has 158 valence electrons. The molecule has 0 spiro atoms. The predicted molar refractivity (Wildman–Crippen MR) is 118 cm³/mol. The normalized spacial score (nSPS) is 11.6. The van der Waals surface area contributed by atoms with Crippen molar-refractivity contribution in [3.8, 4) is 11.3 Å². The Balaban J connectivity index is 1.70. The second-order valence-corrected chi connectivity index (χ2v) is 8.09. The summed E-state index contributed by atoms with van der Waals surface area (Å²) in [5, 5.41) is 8.33. The van der Waals surface area contributed by atoms with Crippen LogP contribution in [0.2, 0.25) is 0 Å². The average molecular weight is 418 g/mol. The summed E-state index contributed by atoms with van der Waals surface area (Å²) in [4.78, 5) is 21.1. The molecule has 0 radical (unpaired) electrons. The number of rotatable bonds is 5. The van der Waals surface area contributed by atoms with Crippen LogP contribution in [0.3, 0.4) is 0 Å². The maximum atomic E-state index is 13.4. The number of nitrogen functional groups attached to an aromatic ring is 1. The van der Waals surface area contributed by atoms with Crippen molar-refractivity contribution in [2.75, 3.05) is 12.3 Å². The first kappa shape index (κ1) is 20.5. The van der Waals surface area contributed by atoms with Gasteiger partial charge in [0.1, 0.15) is 23.7 Å². The molecular weight excluding hydrogens is 395 g/mol. The van der Waals surface area contributed by atoms with E-state index in [1.54, 1.807) is 10.7 Å². The van der Waals surface area contributed by atoms with Crippen LogP contribution in [0.15, 0.2) is 54.9 Å². The van der Waals surface area contributed by atoms with Gasteiger partial charge < -0.3 is 11.1 Å². The maximum Gasteiger partial charge on any atom is 0.251 e. The van der Waals surface area contributed by atoms with E-state index in [9.17, 15) is 9.18 Å². The lowest BCUT2D eigenvalue weighted by Crippen LogP contribution is -2.41. The minimum atomic E-state index is -0.648. The van der Waals surface area contributed by atoms with Crippen LogP contribution in [0.25, 0.3) is 22.3 Å². The number of hydrogen-bond donors (Lipinski definition) is 2. The Hall–Kier alpha value is -3.81. The molecule has 0 fully saturated rings. The van der Waals surface area contributed by atoms with Gasteiger partial charge in [-0.15, -0.1) is 0 Å². The molecule has 2 aromatic heterocycles. The van der Waals surface area contributed by atoms with Crippen molar-refractivity contribution in [1.82, 2.24) is 25.1 Å². The molecule has 2 heterocycles. The highest BCUT2D eigenvalue weighted by Gasteiger charge is 2.28. The summed E-state index contributed by atoms with van der Waals surface area (Å²) in [6.45, 7) is 6.13. The molecule has 0 saturated heterocycles. The molecule has 0 saturated carbocycles. The monoisotopic (exact) mass is 418 g/mol. The van der Waals surface area contributed by atoms with E-state index < -0.39 is 11.4 Å². The lowest BCUT2D eigenvalue weighted by molar-refractivity contribution is 0.0936. The highest BCUT2D eigenvalue weighted by Crippen LogP contribution is 2.33. The van der Waals surface area contributed by atoms with E-state index in [0.717, 1.165) is 11.1 Å². The molecule has 2 aromatic carbocycles. The van der Waals surface area contributed by atoms with Crippen LogP contribution in [-0.2, 0) is 5.54 Å². The summed E-state index contributed by atoms with van der Waals surface area (Å²) in [5.41, 5.74) is 9.08. The lowest BCUT2D eigenvalue weighted by Gasteiger charge is -2.26. The minimum Gasteiger partial charge on any atom is -0.383 e. The Morgan fingerprint density at radius 2 is 1.90 bits per heavy atom. The molecule has 4 rings (SSSR count). The van der Waals surface area contributed by atoms with Crippen molar-refractivity contribution in [3.63, 3.8) is 0 Å². The molecule has 1 amide bonds. The van der Waals surface area contributed by atoms with Crippen molar-refractivity contribution in [3.05, 3.63) is 71.8 Å². The Morgan fingerprint density at radius 3 is 2.61 bits per heavy atom. The second-order valence-electron chi connectivity index (χ2n) is 8.09. The van der Waals surface area contributed by atoms with Gasteiger partial charge in [0.25, 0.3) is 5.91 Å². The van der Waals surface area contributed by atoms with Gasteiger partial charge in [0.2, 0.25) is 0 Å². The Labute approximate surface area is 179 Å². The Bertz CT molecular complexity index is 1260. The quantitative estimate of drug-likeness (QED) is 0.515. The molecule has 0 aliphatic heterocycles. The van der Waals surface area contributed by atoms with Crippen LogP contribution in [0.4, 0.5) is 10.2 Å². The fraction of sp³-hybridized carbons (Fsp3) is 0.217. The zero-order chi connectivity index (χ0) is 22.2. The zero-order valence-corrected chi connectivity index (χ0v) is 17.6. The largest absolute Gasteiger partial charge is 0.383 e. The van der Waals surface area contributed by atoms with Gasteiger partial charge in [0.05, 0.1) is 10.9 Å². The topological polar surface area (TPSA) is 98.7 Å². The van der Waals surface area contributed by atoms with Crippen molar-refractivity contribution in [2.45, 2.75) is 26.3 Å². The van der Waals surface area contributed by atoms with E-state index >= 15 is 0 Å². The molecule has 0 atom stereocenters. The molecule has 3 N–H and O–H groups in total. The Kier molecular flexibility index (Phi) is 5.14. The number of halogens is 1. The molecule has 7 nitrogen and oxygen atoms in total. The summed E-state index contributed by atoms with van der Waals surface area (Å²) < 4.78 is 15.2. The molecule has 31 heavy (non-hydrogen) atoms. The predicted octanol–water partition coefficient (Wildman–Crippen LogP) is 3.69. The Morgan fingerprint density at radius 1 is 1.16 bits per heavy atom. The second kappa shape index (κ2) is 7.79. The number of anilines is 1. The third kappa shape index (κ3) is 3.96. The number of aryl methyl sites for hydroxylation is 1. The minimum absolute atomic E-state index is 0.246. The summed E-state index contributed by atoms with van der Waals surface area (Å²) in [6, 6.07) is 13.5. The number of carbonyl (C=O) groups excluding carboxylic acids is 1. The van der Waals surface area contributed by atoms with E-state index in [2.05, 4.69) is 15.3 Å². The van der Waals surface area contributed by atoms with Gasteiger partial charge in [-0.1, -0.05) is 35.9 Å². The smallest absolute Gasteiger partial charge is 0.251 e. The van der Waals surface area contributed by atoms with E-state index in [1.165, 1.54) is 24.5 Å². The van der Waals surface area contributed by atoms with Gasteiger partial charge in [-0.05, 0) is 39.0 Å². The van der Waals surface area contributed by atoms with Crippen molar-refractivity contribution in [2.24, 2.45) is 0 Å². The summed E-state index contributed by atoms with van der Waals surface area (Å²) in [5.74, 6) is -0.483. The van der Waals surface area contributed by atoms with Crippen LogP contribution in [0.5, 0.6) is 0 Å². The zero-order valence-electron chi connectivity index (χ0n) is 17.6. The van der Waals surface area contributed by atoms with Crippen LogP contribution in [-0.4, -0.2) is 32.2 Å². The lowest BCUT2D eigenvalue weighted by atomic mass is 10.1. The highest BCUT2D eigenvalue weighted by atomic mass is 19.1. The summed E-state index contributed by atoms with van der Waals surface area (Å²) >= 11 is 0. The van der Waals surface area contributed by atoms with Crippen molar-refractivity contribution < 1.29 is 9.18 Å². The average Bonchev–Trinajstić information content (AvgIpc) is 3.15. The van der Waals surface area contributed by atoms with Gasteiger partial charge in [-0.3, -0.25) is 4.79 Å². The van der Waals surface area contributed by atoms with Gasteiger partial charge in [-0.2, -0.15) is 5.10 Å². The first-order valence-corrected chi connectivity index (χ1v) is 9.87. The molecule has 8 heteroatoms. The van der Waals surface area contributed by atoms with Gasteiger partial charge >= 0.3 is 0 Å². The van der Waals surface area contributed by atoms with Crippen molar-refractivity contribution in [1.29, 1.82) is 0 Å². The van der Waals surface area contributed by atoms with Crippen molar-refractivity contribution >= 4 is 22.8 Å². The number of aromatic nitrogens is 4. The van der Waals surface area contributed by atoms with E-state index in [0.29, 0.717) is 22.5 Å². The number of carbonyl (C=O) groups is 1. The number of nitrogens with one attached hydrogen (secondary N) is 1. The number of fused-ring (bicyclic) bond motifs is 1. The fourth-order valence-corrected chi connectivity index (χ4v) is 3.41. The van der Waals surface area contributed by atoms with Gasteiger partial charge in [-0.25, -0.2) is 19.0 Å². The van der Waals surface area contributed by atoms with Gasteiger partial charge in [0.15, 0.2) is 5.65 Å². The number of nitrogens with two attached hydrogens (primary N) is 1. The molecule has 0 aliphatic carbocycles. The summed E-state index contributed by atoms with van der Waals surface area (Å²) in [7, 11) is 0. The maximum absolute atomic E-state index is 13.4. The third-order valence-corrected chi connectivity index (χ3v) is 5.16. The fourth-order valence-electron chi connectivity index (χ4n) is 3.41. The van der Waals surface area contributed by atoms with Crippen LogP contribution >= 0.6 is 0 Å². The van der Waals surface area contributed by atoms with Crippen LogP contribution < -0.4 is 11.1 Å². The number of benzene rings is 2. The number of hydrogen-bond acceptors (Lipinski definition) is 5. The van der Waals surface area contributed by atoms with Crippen LogP contribution in [0, 0.1) is 12.7 Å². The molecule has 0 aliphatic rings. The first-order valence-electron chi connectivity index (χ1n) is 9.87. The standard InChI is InChI=1S/C23H23FN6O/c1-14-7-9-15(10-8-14)19-18-20(25)27-13-28-21(18)30(29-19)23(2,3)12-26-22(31)16-5-4-6-17(24)11-16/h4-11,13H,12H2,1-3H3,(H,26,31)(H2,25,27,28). The van der Waals surface area contributed by atoms with Gasteiger partial charge in [0, 0.05) is 17.7 Å². The highest BCUT2D eigenvalue weighted by molar-refractivity contribution is 5.98. The van der Waals surface area contributed by atoms with E-state index in [-0.39, 0.29) is 18.0 Å². The molecule has 0 unspecified atom stereocenters. The number of amides is 1. The summed E-state index contributed by atoms with van der Waals surface area (Å²) in [6.07, 6.45) is 1.40. The number of nitrogens with zero attached hydrogens (tertiary/aromatic N) is 4. The molecular formula is C23H23FN6O. The first-order chi connectivity index (χ1) is 14.8. The molecule has 0 bridgehead atoms. The van der Waals surface area contributed by atoms with E-state index in [4.69, 9.17) is 10.8 Å². The van der Waals surface area contributed by atoms with Crippen LogP contribution in [0.1, 0.15) is 29.8 Å². The third-order valence-electron chi connectivity index (χ3n) is 5.16.